The van der Waals surface area contributed by atoms with Crippen LogP contribution < -0.4 is 5.32 Å². The fraction of sp³-hybridized carbons (Fsp3) is 0.900. The van der Waals surface area contributed by atoms with Gasteiger partial charge in [-0.2, -0.15) is 13.2 Å². The average Bonchev–Trinajstić information content (AvgIpc) is 2.20. The summed E-state index contributed by atoms with van der Waals surface area (Å²) in [6.45, 7) is 2.92. The Morgan fingerprint density at radius 2 is 1.88 bits per heavy atom. The SMILES string of the molecule is COCCC(C)(C)CNC(=O)OCC(F)(F)F. The fourth-order valence-electron chi connectivity index (χ4n) is 0.977. The summed E-state index contributed by atoms with van der Waals surface area (Å²) in [7, 11) is 1.56. The molecule has 0 aliphatic rings. The lowest BCUT2D eigenvalue weighted by atomic mass is 9.90. The van der Waals surface area contributed by atoms with Crippen molar-refractivity contribution in [3.63, 3.8) is 0 Å². The van der Waals surface area contributed by atoms with Crippen molar-refractivity contribution in [3.8, 4) is 0 Å². The van der Waals surface area contributed by atoms with Gasteiger partial charge in [0.1, 0.15) is 0 Å². The van der Waals surface area contributed by atoms with Crippen LogP contribution in [0.4, 0.5) is 18.0 Å². The highest BCUT2D eigenvalue weighted by Crippen LogP contribution is 2.19. The molecule has 0 rings (SSSR count). The number of alkyl halides is 3. The second-order valence-corrected chi connectivity index (χ2v) is 4.45. The standard InChI is InChI=1S/C10H18F3NO3/c1-9(2,4-5-16-3)6-14-8(15)17-7-10(11,12)13/h4-7H2,1-3H3,(H,14,15). The summed E-state index contributed by atoms with van der Waals surface area (Å²) >= 11 is 0. The van der Waals surface area contributed by atoms with E-state index in [0.717, 1.165) is 0 Å². The number of methoxy groups -OCH3 is 1. The minimum Gasteiger partial charge on any atom is -0.440 e. The monoisotopic (exact) mass is 257 g/mol. The molecule has 0 aromatic heterocycles. The van der Waals surface area contributed by atoms with Gasteiger partial charge in [0.05, 0.1) is 0 Å². The number of halogens is 3. The van der Waals surface area contributed by atoms with Gasteiger partial charge in [-0.15, -0.1) is 0 Å². The number of rotatable bonds is 6. The number of amides is 1. The van der Waals surface area contributed by atoms with E-state index in [1.807, 2.05) is 13.8 Å². The number of hydrogen-bond donors (Lipinski definition) is 1. The van der Waals surface area contributed by atoms with Gasteiger partial charge in [-0.1, -0.05) is 13.8 Å². The van der Waals surface area contributed by atoms with Gasteiger partial charge in [-0.25, -0.2) is 4.79 Å². The predicted molar refractivity (Wildman–Crippen MR) is 55.7 cm³/mol. The summed E-state index contributed by atoms with van der Waals surface area (Å²) in [5.74, 6) is 0. The van der Waals surface area contributed by atoms with Crippen LogP contribution in [-0.4, -0.2) is 39.1 Å². The molecule has 0 aliphatic carbocycles. The number of hydrogen-bond acceptors (Lipinski definition) is 3. The molecule has 0 radical (unpaired) electrons. The van der Waals surface area contributed by atoms with E-state index in [9.17, 15) is 18.0 Å². The molecule has 0 bridgehead atoms. The highest BCUT2D eigenvalue weighted by molar-refractivity contribution is 5.67. The normalized spacial score (nSPS) is 12.4. The Hall–Kier alpha value is -0.980. The molecule has 4 nitrogen and oxygen atoms in total. The molecule has 0 spiro atoms. The van der Waals surface area contributed by atoms with E-state index < -0.39 is 18.9 Å². The maximum Gasteiger partial charge on any atom is 0.422 e. The van der Waals surface area contributed by atoms with Crippen molar-refractivity contribution in [2.24, 2.45) is 5.41 Å². The van der Waals surface area contributed by atoms with Gasteiger partial charge >= 0.3 is 12.3 Å². The van der Waals surface area contributed by atoms with Gasteiger partial charge in [-0.3, -0.25) is 0 Å². The zero-order valence-electron chi connectivity index (χ0n) is 10.2. The molecule has 0 atom stereocenters. The molecule has 0 heterocycles. The zero-order chi connectivity index (χ0) is 13.5. The maximum absolute atomic E-state index is 11.7. The molecule has 0 saturated heterocycles. The van der Waals surface area contributed by atoms with E-state index in [0.29, 0.717) is 13.0 Å². The zero-order valence-corrected chi connectivity index (χ0v) is 10.2. The first-order valence-electron chi connectivity index (χ1n) is 5.13. The van der Waals surface area contributed by atoms with E-state index in [4.69, 9.17) is 4.74 Å². The lowest BCUT2D eigenvalue weighted by Crippen LogP contribution is -2.36. The van der Waals surface area contributed by atoms with E-state index in [1.165, 1.54) is 0 Å². The van der Waals surface area contributed by atoms with Crippen LogP contribution in [0.15, 0.2) is 0 Å². The molecule has 0 fully saturated rings. The smallest absolute Gasteiger partial charge is 0.422 e. The Morgan fingerprint density at radius 3 is 2.35 bits per heavy atom. The molecule has 17 heavy (non-hydrogen) atoms. The van der Waals surface area contributed by atoms with Crippen molar-refractivity contribution >= 4 is 6.09 Å². The van der Waals surface area contributed by atoms with Gasteiger partial charge in [0.2, 0.25) is 0 Å². The third-order valence-electron chi connectivity index (χ3n) is 2.06. The third-order valence-corrected chi connectivity index (χ3v) is 2.06. The minimum absolute atomic E-state index is 0.229. The summed E-state index contributed by atoms with van der Waals surface area (Å²) in [5.41, 5.74) is -0.257. The van der Waals surface area contributed by atoms with Crippen molar-refractivity contribution in [1.29, 1.82) is 0 Å². The van der Waals surface area contributed by atoms with Crippen molar-refractivity contribution in [2.45, 2.75) is 26.4 Å². The van der Waals surface area contributed by atoms with Crippen LogP contribution in [0, 0.1) is 5.41 Å². The van der Waals surface area contributed by atoms with Crippen LogP contribution in [0.3, 0.4) is 0 Å². The van der Waals surface area contributed by atoms with Gasteiger partial charge < -0.3 is 14.8 Å². The Labute approximate surface area is 98.5 Å². The minimum atomic E-state index is -4.50. The largest absolute Gasteiger partial charge is 0.440 e. The Balaban J connectivity index is 3.83. The van der Waals surface area contributed by atoms with Gasteiger partial charge in [0.25, 0.3) is 0 Å². The first-order valence-corrected chi connectivity index (χ1v) is 5.13. The molecule has 1 N–H and O–H groups in total. The highest BCUT2D eigenvalue weighted by Gasteiger charge is 2.29. The summed E-state index contributed by atoms with van der Waals surface area (Å²) in [6, 6.07) is 0. The van der Waals surface area contributed by atoms with Gasteiger partial charge in [0.15, 0.2) is 6.61 Å². The van der Waals surface area contributed by atoms with E-state index >= 15 is 0 Å². The van der Waals surface area contributed by atoms with Crippen molar-refractivity contribution in [2.75, 3.05) is 26.9 Å². The quantitative estimate of drug-likeness (QED) is 0.794. The second-order valence-electron chi connectivity index (χ2n) is 4.45. The molecule has 0 aliphatic heterocycles. The first kappa shape index (κ1) is 16.0. The highest BCUT2D eigenvalue weighted by atomic mass is 19.4. The summed E-state index contributed by atoms with van der Waals surface area (Å²) in [6.07, 6.45) is -4.88. The number of carbonyl (C=O) groups excluding carboxylic acids is 1. The van der Waals surface area contributed by atoms with Gasteiger partial charge in [-0.05, 0) is 11.8 Å². The van der Waals surface area contributed by atoms with Crippen molar-refractivity contribution in [1.82, 2.24) is 5.32 Å². The molecule has 1 amide bonds. The first-order chi connectivity index (χ1) is 7.66. The van der Waals surface area contributed by atoms with Crippen LogP contribution in [0.1, 0.15) is 20.3 Å². The summed E-state index contributed by atoms with van der Waals surface area (Å²) < 4.78 is 44.1. The summed E-state index contributed by atoms with van der Waals surface area (Å²) in [5, 5.41) is 2.29. The third kappa shape index (κ3) is 9.92. The predicted octanol–water partition coefficient (Wildman–Crippen LogP) is 2.34. The van der Waals surface area contributed by atoms with Crippen LogP contribution in [-0.2, 0) is 9.47 Å². The summed E-state index contributed by atoms with van der Waals surface area (Å²) in [4.78, 5) is 10.9. The Kier molecular flexibility index (Phi) is 6.30. The number of ether oxygens (including phenoxy) is 2. The molecular weight excluding hydrogens is 239 g/mol. The molecule has 0 aromatic carbocycles. The molecular formula is C10H18F3NO3. The van der Waals surface area contributed by atoms with Crippen LogP contribution in [0.5, 0.6) is 0 Å². The van der Waals surface area contributed by atoms with Crippen molar-refractivity contribution < 1.29 is 27.4 Å². The Bertz CT molecular complexity index is 241. The molecule has 102 valence electrons. The molecule has 7 heteroatoms. The van der Waals surface area contributed by atoms with E-state index in [2.05, 4.69) is 10.1 Å². The second kappa shape index (κ2) is 6.68. The lowest BCUT2D eigenvalue weighted by molar-refractivity contribution is -0.160. The average molecular weight is 257 g/mol. The van der Waals surface area contributed by atoms with Crippen LogP contribution in [0.25, 0.3) is 0 Å². The van der Waals surface area contributed by atoms with Crippen LogP contribution in [0.2, 0.25) is 0 Å². The number of alkyl carbamates (subject to hydrolysis) is 1. The number of nitrogens with one attached hydrogen (secondary N) is 1. The lowest BCUT2D eigenvalue weighted by Gasteiger charge is -2.24. The maximum atomic E-state index is 11.7. The van der Waals surface area contributed by atoms with Gasteiger partial charge in [0, 0.05) is 20.3 Å². The Morgan fingerprint density at radius 1 is 1.29 bits per heavy atom. The molecule has 0 saturated carbocycles. The van der Waals surface area contributed by atoms with Crippen molar-refractivity contribution in [3.05, 3.63) is 0 Å². The molecule has 0 unspecified atom stereocenters. The molecule has 0 aromatic rings. The topological polar surface area (TPSA) is 47.6 Å². The van der Waals surface area contributed by atoms with E-state index in [1.54, 1.807) is 7.11 Å². The van der Waals surface area contributed by atoms with E-state index in [-0.39, 0.29) is 12.0 Å². The number of carbonyl (C=O) groups is 1. The fourth-order valence-corrected chi connectivity index (χ4v) is 0.977. The van der Waals surface area contributed by atoms with Crippen LogP contribution >= 0.6 is 0 Å².